The van der Waals surface area contributed by atoms with Gasteiger partial charge in [0, 0.05) is 4.88 Å². The topological polar surface area (TPSA) is 63.1 Å². The summed E-state index contributed by atoms with van der Waals surface area (Å²) in [6.07, 6.45) is 0. The van der Waals surface area contributed by atoms with Crippen LogP contribution in [0.2, 0.25) is 0 Å². The molecule has 0 aliphatic heterocycles. The van der Waals surface area contributed by atoms with E-state index < -0.39 is 5.97 Å². The SMILES string of the molecule is Cc1scnc1-c1cccc(C(=O)O)n1. The van der Waals surface area contributed by atoms with Crippen molar-refractivity contribution in [1.29, 1.82) is 0 Å². The van der Waals surface area contributed by atoms with Crippen molar-refractivity contribution in [3.05, 3.63) is 34.3 Å². The van der Waals surface area contributed by atoms with Crippen LogP contribution in [0.15, 0.2) is 23.7 Å². The Morgan fingerprint density at radius 1 is 1.47 bits per heavy atom. The summed E-state index contributed by atoms with van der Waals surface area (Å²) in [4.78, 5) is 19.9. The van der Waals surface area contributed by atoms with E-state index in [1.54, 1.807) is 17.6 Å². The van der Waals surface area contributed by atoms with Gasteiger partial charge in [-0.1, -0.05) is 6.07 Å². The largest absolute Gasteiger partial charge is 0.477 e. The molecule has 0 unspecified atom stereocenters. The zero-order valence-electron chi connectivity index (χ0n) is 7.97. The normalized spacial score (nSPS) is 10.2. The molecule has 2 aromatic heterocycles. The number of aryl methyl sites for hydroxylation is 1. The van der Waals surface area contributed by atoms with E-state index >= 15 is 0 Å². The first-order valence-electron chi connectivity index (χ1n) is 4.29. The predicted molar refractivity (Wildman–Crippen MR) is 57.0 cm³/mol. The van der Waals surface area contributed by atoms with Gasteiger partial charge >= 0.3 is 5.97 Å². The second-order valence-electron chi connectivity index (χ2n) is 2.97. The molecule has 0 aliphatic rings. The fourth-order valence-corrected chi connectivity index (χ4v) is 1.82. The lowest BCUT2D eigenvalue weighted by molar-refractivity contribution is 0.0690. The van der Waals surface area contributed by atoms with Gasteiger partial charge in [-0.25, -0.2) is 14.8 Å². The Balaban J connectivity index is 2.50. The molecule has 4 nitrogen and oxygen atoms in total. The maximum Gasteiger partial charge on any atom is 0.354 e. The van der Waals surface area contributed by atoms with E-state index in [0.29, 0.717) is 5.69 Å². The number of aromatic carboxylic acids is 1. The molecule has 0 saturated heterocycles. The number of hydrogen-bond donors (Lipinski definition) is 1. The Bertz CT molecular complexity index is 508. The highest BCUT2D eigenvalue weighted by molar-refractivity contribution is 7.10. The molecule has 0 saturated carbocycles. The third kappa shape index (κ3) is 1.87. The zero-order chi connectivity index (χ0) is 10.8. The van der Waals surface area contributed by atoms with Crippen molar-refractivity contribution in [1.82, 2.24) is 9.97 Å². The van der Waals surface area contributed by atoms with Crippen molar-refractivity contribution in [2.24, 2.45) is 0 Å². The molecular formula is C10H8N2O2S. The summed E-state index contributed by atoms with van der Waals surface area (Å²) < 4.78 is 0. The summed E-state index contributed by atoms with van der Waals surface area (Å²) in [5.74, 6) is -1.02. The molecule has 15 heavy (non-hydrogen) atoms. The van der Waals surface area contributed by atoms with E-state index in [-0.39, 0.29) is 5.69 Å². The van der Waals surface area contributed by atoms with Crippen LogP contribution in [0.25, 0.3) is 11.4 Å². The van der Waals surface area contributed by atoms with E-state index in [4.69, 9.17) is 5.11 Å². The molecule has 2 aromatic rings. The molecule has 0 bridgehead atoms. The lowest BCUT2D eigenvalue weighted by atomic mass is 10.2. The fourth-order valence-electron chi connectivity index (χ4n) is 1.24. The number of carbonyl (C=O) groups is 1. The van der Waals surface area contributed by atoms with E-state index in [1.807, 2.05) is 6.92 Å². The van der Waals surface area contributed by atoms with E-state index in [2.05, 4.69) is 9.97 Å². The number of carboxylic acid groups (broad SMARTS) is 1. The molecule has 1 N–H and O–H groups in total. The van der Waals surface area contributed by atoms with Gasteiger partial charge < -0.3 is 5.11 Å². The van der Waals surface area contributed by atoms with Crippen LogP contribution in [0, 0.1) is 6.92 Å². The van der Waals surface area contributed by atoms with Crippen LogP contribution in [0.3, 0.4) is 0 Å². The number of thiazole rings is 1. The van der Waals surface area contributed by atoms with Gasteiger partial charge in [0.25, 0.3) is 0 Å². The van der Waals surface area contributed by atoms with Gasteiger partial charge in [-0.15, -0.1) is 11.3 Å². The maximum atomic E-state index is 10.7. The smallest absolute Gasteiger partial charge is 0.354 e. The standard InChI is InChI=1S/C10H8N2O2S/c1-6-9(11-5-15-6)7-3-2-4-8(12-7)10(13)14/h2-5H,1H3,(H,13,14). The second-order valence-corrected chi connectivity index (χ2v) is 4.03. The monoisotopic (exact) mass is 220 g/mol. The van der Waals surface area contributed by atoms with Crippen molar-refractivity contribution >= 4 is 17.3 Å². The quantitative estimate of drug-likeness (QED) is 0.842. The molecule has 0 atom stereocenters. The minimum absolute atomic E-state index is 0.0416. The highest BCUT2D eigenvalue weighted by Gasteiger charge is 2.09. The van der Waals surface area contributed by atoms with E-state index in [0.717, 1.165) is 10.6 Å². The number of pyridine rings is 1. The molecular weight excluding hydrogens is 212 g/mol. The first-order chi connectivity index (χ1) is 7.18. The van der Waals surface area contributed by atoms with Crippen LogP contribution in [-0.4, -0.2) is 21.0 Å². The highest BCUT2D eigenvalue weighted by Crippen LogP contribution is 2.22. The lowest BCUT2D eigenvalue weighted by Gasteiger charge is -1.99. The zero-order valence-corrected chi connectivity index (χ0v) is 8.78. The van der Waals surface area contributed by atoms with Gasteiger partial charge in [0.15, 0.2) is 0 Å². The average molecular weight is 220 g/mol. The Kier molecular flexibility index (Phi) is 2.47. The number of hydrogen-bond acceptors (Lipinski definition) is 4. The van der Waals surface area contributed by atoms with Crippen LogP contribution in [0.5, 0.6) is 0 Å². The average Bonchev–Trinajstić information content (AvgIpc) is 2.64. The molecule has 0 amide bonds. The van der Waals surface area contributed by atoms with Crippen LogP contribution < -0.4 is 0 Å². The van der Waals surface area contributed by atoms with Crippen molar-refractivity contribution in [3.8, 4) is 11.4 Å². The van der Waals surface area contributed by atoms with Crippen LogP contribution >= 0.6 is 11.3 Å². The molecule has 0 radical (unpaired) electrons. The minimum atomic E-state index is -1.02. The van der Waals surface area contributed by atoms with Gasteiger partial charge in [-0.05, 0) is 19.1 Å². The number of rotatable bonds is 2. The molecule has 76 valence electrons. The third-order valence-corrected chi connectivity index (χ3v) is 2.71. The summed E-state index contributed by atoms with van der Waals surface area (Å²) in [6, 6.07) is 4.90. The van der Waals surface area contributed by atoms with Crippen molar-refractivity contribution in [3.63, 3.8) is 0 Å². The molecule has 2 heterocycles. The molecule has 0 fully saturated rings. The first kappa shape index (κ1) is 9.79. The Morgan fingerprint density at radius 2 is 2.27 bits per heavy atom. The molecule has 0 aliphatic carbocycles. The lowest BCUT2D eigenvalue weighted by Crippen LogP contribution is -2.00. The maximum absolute atomic E-state index is 10.7. The number of nitrogens with zero attached hydrogens (tertiary/aromatic N) is 2. The Hall–Kier alpha value is -1.75. The number of carboxylic acids is 1. The van der Waals surface area contributed by atoms with Crippen LogP contribution in [-0.2, 0) is 0 Å². The summed E-state index contributed by atoms with van der Waals surface area (Å²) in [5, 5.41) is 8.80. The van der Waals surface area contributed by atoms with Gasteiger partial charge in [0.05, 0.1) is 11.2 Å². The highest BCUT2D eigenvalue weighted by atomic mass is 32.1. The van der Waals surface area contributed by atoms with Gasteiger partial charge in [-0.3, -0.25) is 0 Å². The first-order valence-corrected chi connectivity index (χ1v) is 5.17. The van der Waals surface area contributed by atoms with Gasteiger partial charge in [0.1, 0.15) is 11.4 Å². The van der Waals surface area contributed by atoms with Crippen molar-refractivity contribution in [2.75, 3.05) is 0 Å². The molecule has 5 heteroatoms. The number of aromatic nitrogens is 2. The molecule has 0 spiro atoms. The Labute approximate surface area is 90.3 Å². The van der Waals surface area contributed by atoms with Crippen molar-refractivity contribution < 1.29 is 9.90 Å². The minimum Gasteiger partial charge on any atom is -0.477 e. The summed E-state index contributed by atoms with van der Waals surface area (Å²) in [7, 11) is 0. The summed E-state index contributed by atoms with van der Waals surface area (Å²) in [6.45, 7) is 1.93. The fraction of sp³-hybridized carbons (Fsp3) is 0.100. The van der Waals surface area contributed by atoms with E-state index in [9.17, 15) is 4.79 Å². The second kappa shape index (κ2) is 3.78. The predicted octanol–water partition coefficient (Wildman–Crippen LogP) is 2.21. The molecule has 2 rings (SSSR count). The van der Waals surface area contributed by atoms with Crippen molar-refractivity contribution in [2.45, 2.75) is 6.92 Å². The van der Waals surface area contributed by atoms with Crippen LogP contribution in [0.4, 0.5) is 0 Å². The Morgan fingerprint density at radius 3 is 2.87 bits per heavy atom. The summed E-state index contributed by atoms with van der Waals surface area (Å²) >= 11 is 1.51. The van der Waals surface area contributed by atoms with Gasteiger partial charge in [-0.2, -0.15) is 0 Å². The van der Waals surface area contributed by atoms with Gasteiger partial charge in [0.2, 0.25) is 0 Å². The molecule has 0 aromatic carbocycles. The van der Waals surface area contributed by atoms with E-state index in [1.165, 1.54) is 17.4 Å². The summed E-state index contributed by atoms with van der Waals surface area (Å²) in [5.41, 5.74) is 3.12. The van der Waals surface area contributed by atoms with Crippen LogP contribution in [0.1, 0.15) is 15.4 Å². The third-order valence-electron chi connectivity index (χ3n) is 1.96.